The molecule has 6 heteroatoms. The lowest BCUT2D eigenvalue weighted by molar-refractivity contribution is -0.384. The van der Waals surface area contributed by atoms with Crippen LogP contribution in [-0.4, -0.2) is 24.0 Å². The third-order valence-electron chi connectivity index (χ3n) is 3.46. The molecule has 2 rings (SSSR count). The Morgan fingerprint density at radius 3 is 2.85 bits per heavy atom. The van der Waals surface area contributed by atoms with E-state index in [1.54, 1.807) is 12.1 Å². The van der Waals surface area contributed by atoms with Crippen LogP contribution < -0.4 is 5.32 Å². The molecule has 1 heterocycles. The van der Waals surface area contributed by atoms with Crippen LogP contribution in [0.2, 0.25) is 0 Å². The van der Waals surface area contributed by atoms with E-state index in [2.05, 4.69) is 5.32 Å². The van der Waals surface area contributed by atoms with Crippen molar-refractivity contribution in [2.24, 2.45) is 5.92 Å². The molecule has 1 aliphatic heterocycles. The second-order valence-corrected chi connectivity index (χ2v) is 4.95. The quantitative estimate of drug-likeness (QED) is 0.663. The molecule has 0 saturated carbocycles. The number of anilines is 1. The van der Waals surface area contributed by atoms with Gasteiger partial charge in [0.15, 0.2) is 0 Å². The maximum absolute atomic E-state index is 11.8. The van der Waals surface area contributed by atoms with Crippen molar-refractivity contribution in [3.05, 3.63) is 34.4 Å². The minimum atomic E-state index is -0.475. The first-order valence-corrected chi connectivity index (χ1v) is 6.77. The number of rotatable bonds is 5. The van der Waals surface area contributed by atoms with E-state index in [1.807, 2.05) is 0 Å². The van der Waals surface area contributed by atoms with Crippen molar-refractivity contribution in [2.75, 3.05) is 18.5 Å². The number of hydrogen-bond donors (Lipinski definition) is 1. The van der Waals surface area contributed by atoms with Gasteiger partial charge >= 0.3 is 0 Å². The molecule has 108 valence electrons. The smallest absolute Gasteiger partial charge is 0.271 e. The summed E-state index contributed by atoms with van der Waals surface area (Å²) < 4.78 is 5.27. The molecule has 0 spiro atoms. The van der Waals surface area contributed by atoms with E-state index in [1.165, 1.54) is 12.1 Å². The third-order valence-corrected chi connectivity index (χ3v) is 3.46. The summed E-state index contributed by atoms with van der Waals surface area (Å²) in [6.45, 7) is 1.55. The van der Waals surface area contributed by atoms with E-state index in [-0.39, 0.29) is 11.6 Å². The van der Waals surface area contributed by atoms with Gasteiger partial charge in [0.2, 0.25) is 5.91 Å². The zero-order valence-corrected chi connectivity index (χ0v) is 11.2. The van der Waals surface area contributed by atoms with E-state index in [0.717, 1.165) is 32.5 Å². The van der Waals surface area contributed by atoms with E-state index in [0.29, 0.717) is 18.0 Å². The number of hydrogen-bond acceptors (Lipinski definition) is 4. The highest BCUT2D eigenvalue weighted by Crippen LogP contribution is 2.21. The minimum absolute atomic E-state index is 0.0211. The van der Waals surface area contributed by atoms with Crippen molar-refractivity contribution in [1.29, 1.82) is 0 Å². The fraction of sp³-hybridized carbons (Fsp3) is 0.500. The molecule has 6 nitrogen and oxygen atoms in total. The Morgan fingerprint density at radius 1 is 1.40 bits per heavy atom. The fourth-order valence-electron chi connectivity index (χ4n) is 2.29. The number of benzene rings is 1. The van der Waals surface area contributed by atoms with Crippen LogP contribution in [0.1, 0.15) is 25.7 Å². The molecule has 0 unspecified atom stereocenters. The molecule has 0 aliphatic carbocycles. The first-order valence-electron chi connectivity index (χ1n) is 6.77. The van der Waals surface area contributed by atoms with E-state index in [4.69, 9.17) is 4.74 Å². The zero-order chi connectivity index (χ0) is 14.4. The molecule has 1 aliphatic rings. The first kappa shape index (κ1) is 14.5. The number of nitro groups is 1. The summed E-state index contributed by atoms with van der Waals surface area (Å²) in [5.74, 6) is 0.441. The van der Waals surface area contributed by atoms with Crippen LogP contribution in [0.5, 0.6) is 0 Å². The lowest BCUT2D eigenvalue weighted by atomic mass is 9.95. The SMILES string of the molecule is O=C(CCC1CCOCC1)Nc1cccc([N+](=O)[O-])c1. The third kappa shape index (κ3) is 4.31. The summed E-state index contributed by atoms with van der Waals surface area (Å²) in [5.41, 5.74) is 0.448. The van der Waals surface area contributed by atoms with Crippen molar-refractivity contribution >= 4 is 17.3 Å². The number of ether oxygens (including phenoxy) is 1. The van der Waals surface area contributed by atoms with E-state index < -0.39 is 4.92 Å². The number of nitrogens with zero attached hydrogens (tertiary/aromatic N) is 1. The van der Waals surface area contributed by atoms with Crippen LogP contribution in [0.25, 0.3) is 0 Å². The lowest BCUT2D eigenvalue weighted by Gasteiger charge is -2.21. The highest BCUT2D eigenvalue weighted by Gasteiger charge is 2.15. The second-order valence-electron chi connectivity index (χ2n) is 4.95. The van der Waals surface area contributed by atoms with E-state index in [9.17, 15) is 14.9 Å². The highest BCUT2D eigenvalue weighted by molar-refractivity contribution is 5.90. The van der Waals surface area contributed by atoms with Crippen LogP contribution >= 0.6 is 0 Å². The summed E-state index contributed by atoms with van der Waals surface area (Å²) in [5, 5.41) is 13.4. The molecule has 20 heavy (non-hydrogen) atoms. The Balaban J connectivity index is 1.81. The van der Waals surface area contributed by atoms with Gasteiger partial charge in [0.05, 0.1) is 4.92 Å². The van der Waals surface area contributed by atoms with Gasteiger partial charge in [-0.25, -0.2) is 0 Å². The van der Waals surface area contributed by atoms with Gasteiger partial charge < -0.3 is 10.1 Å². The van der Waals surface area contributed by atoms with Gasteiger partial charge in [-0.3, -0.25) is 14.9 Å². The minimum Gasteiger partial charge on any atom is -0.381 e. The Kier molecular flexibility index (Phi) is 5.06. The molecule has 1 aromatic rings. The van der Waals surface area contributed by atoms with Gasteiger partial charge in [-0.05, 0) is 31.2 Å². The van der Waals surface area contributed by atoms with Crippen LogP contribution in [0.3, 0.4) is 0 Å². The molecule has 1 amide bonds. The van der Waals surface area contributed by atoms with Crippen molar-refractivity contribution < 1.29 is 14.5 Å². The van der Waals surface area contributed by atoms with Crippen molar-refractivity contribution in [2.45, 2.75) is 25.7 Å². The second kappa shape index (κ2) is 7.00. The summed E-state index contributed by atoms with van der Waals surface area (Å²) in [6.07, 6.45) is 3.28. The maximum Gasteiger partial charge on any atom is 0.271 e. The molecular weight excluding hydrogens is 260 g/mol. The fourth-order valence-corrected chi connectivity index (χ4v) is 2.29. The van der Waals surface area contributed by atoms with E-state index >= 15 is 0 Å². The molecular formula is C14H18N2O4. The number of nitro benzene ring substituents is 1. The topological polar surface area (TPSA) is 81.5 Å². The first-order chi connectivity index (χ1) is 9.65. The van der Waals surface area contributed by atoms with Crippen molar-refractivity contribution in [1.82, 2.24) is 0 Å². The Bertz CT molecular complexity index is 484. The zero-order valence-electron chi connectivity index (χ0n) is 11.2. The summed E-state index contributed by atoms with van der Waals surface area (Å²) in [6, 6.07) is 5.98. The van der Waals surface area contributed by atoms with Crippen molar-refractivity contribution in [3.63, 3.8) is 0 Å². The number of amides is 1. The van der Waals surface area contributed by atoms with Crippen LogP contribution in [-0.2, 0) is 9.53 Å². The average molecular weight is 278 g/mol. The lowest BCUT2D eigenvalue weighted by Crippen LogP contribution is -2.18. The largest absolute Gasteiger partial charge is 0.381 e. The normalized spacial score (nSPS) is 15.8. The number of carbonyl (C=O) groups excluding carboxylic acids is 1. The molecule has 1 fully saturated rings. The maximum atomic E-state index is 11.8. The predicted molar refractivity (Wildman–Crippen MR) is 74.5 cm³/mol. The summed E-state index contributed by atoms with van der Waals surface area (Å²) in [4.78, 5) is 22.0. The number of carbonyl (C=O) groups is 1. The molecule has 0 bridgehead atoms. The molecule has 0 radical (unpaired) electrons. The van der Waals surface area contributed by atoms with Crippen LogP contribution in [0.15, 0.2) is 24.3 Å². The van der Waals surface area contributed by atoms with Crippen LogP contribution in [0.4, 0.5) is 11.4 Å². The molecule has 0 atom stereocenters. The summed E-state index contributed by atoms with van der Waals surface area (Å²) in [7, 11) is 0. The number of non-ortho nitro benzene ring substituents is 1. The highest BCUT2D eigenvalue weighted by atomic mass is 16.6. The van der Waals surface area contributed by atoms with Gasteiger partial charge in [0.25, 0.3) is 5.69 Å². The van der Waals surface area contributed by atoms with Gasteiger partial charge in [-0.2, -0.15) is 0 Å². The monoisotopic (exact) mass is 278 g/mol. The molecule has 1 saturated heterocycles. The van der Waals surface area contributed by atoms with Gasteiger partial charge in [-0.1, -0.05) is 6.07 Å². The molecule has 1 aromatic carbocycles. The van der Waals surface area contributed by atoms with Crippen LogP contribution in [0, 0.1) is 16.0 Å². The van der Waals surface area contributed by atoms with Gasteiger partial charge in [-0.15, -0.1) is 0 Å². The standard InChI is InChI=1S/C14H18N2O4/c17-14(5-4-11-6-8-20-9-7-11)15-12-2-1-3-13(10-12)16(18)19/h1-3,10-11H,4-9H2,(H,15,17). The van der Waals surface area contributed by atoms with Gasteiger partial charge in [0, 0.05) is 37.5 Å². The number of nitrogens with one attached hydrogen (secondary N) is 1. The molecule has 0 aromatic heterocycles. The van der Waals surface area contributed by atoms with Crippen molar-refractivity contribution in [3.8, 4) is 0 Å². The molecule has 1 N–H and O–H groups in total. The Hall–Kier alpha value is -1.95. The predicted octanol–water partition coefficient (Wildman–Crippen LogP) is 2.74. The summed E-state index contributed by atoms with van der Waals surface area (Å²) >= 11 is 0. The average Bonchev–Trinajstić information content (AvgIpc) is 2.46. The Labute approximate surface area is 117 Å². The Morgan fingerprint density at radius 2 is 2.15 bits per heavy atom. The van der Waals surface area contributed by atoms with Gasteiger partial charge in [0.1, 0.15) is 0 Å².